The molecule has 0 bridgehead atoms. The highest BCUT2D eigenvalue weighted by atomic mass is 32.2. The number of hydrogen-bond donors (Lipinski definition) is 1. The Morgan fingerprint density at radius 2 is 1.73 bits per heavy atom. The number of para-hydroxylation sites is 1. The van der Waals surface area contributed by atoms with Gasteiger partial charge in [-0.25, -0.2) is 13.1 Å². The molecule has 2 aromatic carbocycles. The van der Waals surface area contributed by atoms with Crippen LogP contribution < -0.4 is 4.72 Å². The van der Waals surface area contributed by atoms with Crippen molar-refractivity contribution >= 4 is 20.9 Å². The van der Waals surface area contributed by atoms with Gasteiger partial charge in [0.05, 0.1) is 19.0 Å². The molecule has 0 atom stereocenters. The van der Waals surface area contributed by atoms with Crippen molar-refractivity contribution in [3.05, 3.63) is 72.4 Å². The molecule has 1 aromatic heterocycles. The van der Waals surface area contributed by atoms with Crippen molar-refractivity contribution in [2.75, 3.05) is 18.9 Å². The molecule has 0 aliphatic carbocycles. The lowest BCUT2D eigenvalue weighted by atomic mass is 10.2. The summed E-state index contributed by atoms with van der Waals surface area (Å²) in [5.41, 5.74) is 2.21. The van der Waals surface area contributed by atoms with Crippen molar-refractivity contribution in [2.24, 2.45) is 0 Å². The fraction of sp³-hybridized carbons (Fsp3) is 0.300. The van der Waals surface area contributed by atoms with Gasteiger partial charge in [0.1, 0.15) is 0 Å². The van der Waals surface area contributed by atoms with Crippen LogP contribution in [0.3, 0.4) is 0 Å². The number of benzene rings is 2. The van der Waals surface area contributed by atoms with E-state index in [1.165, 1.54) is 10.9 Å². The summed E-state index contributed by atoms with van der Waals surface area (Å²) in [7, 11) is -3.30. The van der Waals surface area contributed by atoms with Crippen LogP contribution >= 0.6 is 0 Å². The van der Waals surface area contributed by atoms with Gasteiger partial charge in [-0.15, -0.1) is 0 Å². The zero-order chi connectivity index (χ0) is 18.2. The Labute approximate surface area is 154 Å². The summed E-state index contributed by atoms with van der Waals surface area (Å²) in [6.45, 7) is 1.82. The molecule has 5 nitrogen and oxygen atoms in total. The highest BCUT2D eigenvalue weighted by molar-refractivity contribution is 7.89. The van der Waals surface area contributed by atoms with E-state index in [0.717, 1.165) is 18.5 Å². The minimum atomic E-state index is -3.30. The third kappa shape index (κ3) is 5.42. The van der Waals surface area contributed by atoms with E-state index < -0.39 is 10.0 Å². The summed E-state index contributed by atoms with van der Waals surface area (Å²) in [4.78, 5) is 0. The number of ether oxygens (including phenoxy) is 1. The SMILES string of the molecule is O=S(=O)(CCOCc1ccccc1)NCCCn1ccc2ccccc21. The zero-order valence-electron chi connectivity index (χ0n) is 14.7. The van der Waals surface area contributed by atoms with E-state index in [4.69, 9.17) is 4.74 Å². The molecular formula is C20H24N2O3S. The van der Waals surface area contributed by atoms with E-state index in [2.05, 4.69) is 27.5 Å². The van der Waals surface area contributed by atoms with Gasteiger partial charge >= 0.3 is 0 Å². The Balaban J connectivity index is 1.35. The first kappa shape index (κ1) is 18.6. The van der Waals surface area contributed by atoms with Crippen LogP contribution in [0.4, 0.5) is 0 Å². The van der Waals surface area contributed by atoms with Gasteiger partial charge in [0.25, 0.3) is 0 Å². The van der Waals surface area contributed by atoms with Crippen molar-refractivity contribution in [3.63, 3.8) is 0 Å². The second-order valence-corrected chi connectivity index (χ2v) is 8.10. The third-order valence-corrected chi connectivity index (χ3v) is 5.53. The van der Waals surface area contributed by atoms with E-state index in [9.17, 15) is 8.42 Å². The molecular weight excluding hydrogens is 348 g/mol. The number of rotatable bonds is 10. The van der Waals surface area contributed by atoms with Gasteiger partial charge in [-0.3, -0.25) is 0 Å². The van der Waals surface area contributed by atoms with E-state index in [1.807, 2.05) is 48.7 Å². The van der Waals surface area contributed by atoms with Gasteiger partial charge in [0, 0.05) is 24.8 Å². The molecule has 0 saturated carbocycles. The number of aryl methyl sites for hydroxylation is 1. The molecule has 0 amide bonds. The van der Waals surface area contributed by atoms with E-state index in [0.29, 0.717) is 13.2 Å². The number of aromatic nitrogens is 1. The second kappa shape index (κ2) is 8.98. The molecule has 3 rings (SSSR count). The van der Waals surface area contributed by atoms with Gasteiger partial charge in [0.15, 0.2) is 0 Å². The molecule has 0 saturated heterocycles. The van der Waals surface area contributed by atoms with Crippen molar-refractivity contribution in [1.29, 1.82) is 0 Å². The molecule has 1 N–H and O–H groups in total. The quantitative estimate of drug-likeness (QED) is 0.556. The summed E-state index contributed by atoms with van der Waals surface area (Å²) in [5.74, 6) is -0.0215. The Hall–Kier alpha value is -2.15. The summed E-state index contributed by atoms with van der Waals surface area (Å²) in [6, 6.07) is 20.0. The predicted octanol–water partition coefficient (Wildman–Crippen LogP) is 3.17. The topological polar surface area (TPSA) is 60.3 Å². The largest absolute Gasteiger partial charge is 0.376 e. The molecule has 3 aromatic rings. The van der Waals surface area contributed by atoms with Crippen molar-refractivity contribution < 1.29 is 13.2 Å². The summed E-state index contributed by atoms with van der Waals surface area (Å²) >= 11 is 0. The lowest BCUT2D eigenvalue weighted by Gasteiger charge is -2.09. The summed E-state index contributed by atoms with van der Waals surface area (Å²) in [5, 5.41) is 1.20. The second-order valence-electron chi connectivity index (χ2n) is 6.17. The van der Waals surface area contributed by atoms with E-state index in [-0.39, 0.29) is 12.4 Å². The molecule has 1 heterocycles. The molecule has 0 aliphatic rings. The standard InChI is InChI=1S/C20H24N2O3S/c23-26(24,16-15-25-17-18-7-2-1-3-8-18)21-12-6-13-22-14-11-19-9-4-5-10-20(19)22/h1-5,7-11,14,21H,6,12-13,15-17H2. The monoisotopic (exact) mass is 372 g/mol. The Morgan fingerprint density at radius 3 is 2.58 bits per heavy atom. The highest BCUT2D eigenvalue weighted by Gasteiger charge is 2.09. The average Bonchev–Trinajstić information content (AvgIpc) is 3.07. The lowest BCUT2D eigenvalue weighted by molar-refractivity contribution is 0.135. The van der Waals surface area contributed by atoms with Gasteiger partial charge in [0.2, 0.25) is 10.0 Å². The van der Waals surface area contributed by atoms with Gasteiger partial charge < -0.3 is 9.30 Å². The van der Waals surface area contributed by atoms with Crippen LogP contribution in [-0.4, -0.2) is 31.9 Å². The van der Waals surface area contributed by atoms with E-state index in [1.54, 1.807) is 0 Å². The number of fused-ring (bicyclic) bond motifs is 1. The minimum Gasteiger partial charge on any atom is -0.376 e. The van der Waals surface area contributed by atoms with Crippen LogP contribution in [0, 0.1) is 0 Å². The molecule has 138 valence electrons. The molecule has 0 aliphatic heterocycles. The fourth-order valence-electron chi connectivity index (χ4n) is 2.82. The molecule has 0 fully saturated rings. The number of hydrogen-bond acceptors (Lipinski definition) is 3. The molecule has 26 heavy (non-hydrogen) atoms. The van der Waals surface area contributed by atoms with Crippen LogP contribution in [0.1, 0.15) is 12.0 Å². The number of sulfonamides is 1. The van der Waals surface area contributed by atoms with Crippen LogP contribution in [-0.2, 0) is 27.9 Å². The van der Waals surface area contributed by atoms with Crippen molar-refractivity contribution in [3.8, 4) is 0 Å². The summed E-state index contributed by atoms with van der Waals surface area (Å²) < 4.78 is 34.3. The predicted molar refractivity (Wildman–Crippen MR) is 104 cm³/mol. The van der Waals surface area contributed by atoms with Crippen LogP contribution in [0.2, 0.25) is 0 Å². The lowest BCUT2D eigenvalue weighted by Crippen LogP contribution is -2.29. The fourth-order valence-corrected chi connectivity index (χ4v) is 3.75. The number of nitrogens with one attached hydrogen (secondary N) is 1. The van der Waals surface area contributed by atoms with Gasteiger partial charge in [-0.2, -0.15) is 0 Å². The molecule has 0 unspecified atom stereocenters. The molecule has 6 heteroatoms. The normalized spacial score (nSPS) is 11.8. The molecule has 0 radical (unpaired) electrons. The number of nitrogens with zero attached hydrogens (tertiary/aromatic N) is 1. The first-order chi connectivity index (χ1) is 12.6. The smallest absolute Gasteiger partial charge is 0.213 e. The van der Waals surface area contributed by atoms with Crippen LogP contribution in [0.5, 0.6) is 0 Å². The maximum Gasteiger partial charge on any atom is 0.213 e. The third-order valence-electron chi connectivity index (χ3n) is 4.19. The average molecular weight is 372 g/mol. The summed E-state index contributed by atoms with van der Waals surface area (Å²) in [6.07, 6.45) is 2.78. The minimum absolute atomic E-state index is 0.0215. The van der Waals surface area contributed by atoms with Crippen LogP contribution in [0.15, 0.2) is 66.9 Å². The Morgan fingerprint density at radius 1 is 0.962 bits per heavy atom. The Bertz CT molecular complexity index is 920. The van der Waals surface area contributed by atoms with E-state index >= 15 is 0 Å². The van der Waals surface area contributed by atoms with Crippen LogP contribution in [0.25, 0.3) is 10.9 Å². The first-order valence-electron chi connectivity index (χ1n) is 8.77. The van der Waals surface area contributed by atoms with Gasteiger partial charge in [-0.05, 0) is 29.5 Å². The highest BCUT2D eigenvalue weighted by Crippen LogP contribution is 2.15. The van der Waals surface area contributed by atoms with Gasteiger partial charge in [-0.1, -0.05) is 48.5 Å². The molecule has 0 spiro atoms. The maximum atomic E-state index is 12.0. The first-order valence-corrected chi connectivity index (χ1v) is 10.4. The Kier molecular flexibility index (Phi) is 6.44. The van der Waals surface area contributed by atoms with Crippen molar-refractivity contribution in [2.45, 2.75) is 19.6 Å². The van der Waals surface area contributed by atoms with Crippen molar-refractivity contribution in [1.82, 2.24) is 9.29 Å². The maximum absolute atomic E-state index is 12.0. The zero-order valence-corrected chi connectivity index (χ0v) is 15.5.